The molecule has 0 spiro atoms. The lowest BCUT2D eigenvalue weighted by atomic mass is 10.0. The second kappa shape index (κ2) is 8.96. The molecular formula is C20H24N2O2. The van der Waals surface area contributed by atoms with Crippen LogP contribution >= 0.6 is 0 Å². The molecule has 0 saturated carbocycles. The molecule has 24 heavy (non-hydrogen) atoms. The zero-order chi connectivity index (χ0) is 17.4. The number of carbonyl (C=O) groups excluding carboxylic acids is 2. The summed E-state index contributed by atoms with van der Waals surface area (Å²) < 4.78 is 0. The first-order valence-corrected chi connectivity index (χ1v) is 8.37. The SMILES string of the molecule is CC[C@H](Cc1ccccc1)N(C(C)=O)C(=O)CCc1cccnc1. The first-order chi connectivity index (χ1) is 11.6. The minimum Gasteiger partial charge on any atom is -0.279 e. The number of aromatic nitrogens is 1. The molecule has 0 aliphatic rings. The molecule has 0 fully saturated rings. The normalized spacial score (nSPS) is 11.8. The van der Waals surface area contributed by atoms with Gasteiger partial charge < -0.3 is 0 Å². The van der Waals surface area contributed by atoms with E-state index in [0.29, 0.717) is 19.3 Å². The van der Waals surface area contributed by atoms with Crippen molar-refractivity contribution in [3.8, 4) is 0 Å². The van der Waals surface area contributed by atoms with Crippen LogP contribution in [0.4, 0.5) is 0 Å². The highest BCUT2D eigenvalue weighted by atomic mass is 16.2. The maximum absolute atomic E-state index is 12.6. The molecule has 0 aliphatic heterocycles. The number of hydrogen-bond donors (Lipinski definition) is 0. The summed E-state index contributed by atoms with van der Waals surface area (Å²) in [5, 5.41) is 0. The second-order valence-electron chi connectivity index (χ2n) is 5.90. The molecule has 2 rings (SSSR count). The molecule has 1 aromatic carbocycles. The molecule has 0 unspecified atom stereocenters. The first-order valence-electron chi connectivity index (χ1n) is 8.37. The van der Waals surface area contributed by atoms with Crippen LogP contribution in [0, 0.1) is 0 Å². The van der Waals surface area contributed by atoms with Gasteiger partial charge >= 0.3 is 0 Å². The minimum atomic E-state index is -0.186. The highest BCUT2D eigenvalue weighted by Crippen LogP contribution is 2.15. The number of hydrogen-bond acceptors (Lipinski definition) is 3. The van der Waals surface area contributed by atoms with E-state index in [0.717, 1.165) is 17.5 Å². The third-order valence-electron chi connectivity index (χ3n) is 4.11. The van der Waals surface area contributed by atoms with Crippen LogP contribution in [-0.4, -0.2) is 27.7 Å². The maximum atomic E-state index is 12.6. The van der Waals surface area contributed by atoms with E-state index in [-0.39, 0.29) is 17.9 Å². The van der Waals surface area contributed by atoms with Crippen LogP contribution in [0.15, 0.2) is 54.9 Å². The molecule has 0 bridgehead atoms. The predicted octanol–water partition coefficient (Wildman–Crippen LogP) is 3.41. The Hall–Kier alpha value is -2.49. The van der Waals surface area contributed by atoms with E-state index in [1.165, 1.54) is 11.8 Å². The lowest BCUT2D eigenvalue weighted by Crippen LogP contribution is -2.44. The fraction of sp³-hybridized carbons (Fsp3) is 0.350. The number of rotatable bonds is 7. The van der Waals surface area contributed by atoms with Crippen molar-refractivity contribution in [3.63, 3.8) is 0 Å². The van der Waals surface area contributed by atoms with Crippen molar-refractivity contribution in [1.82, 2.24) is 9.88 Å². The fourth-order valence-electron chi connectivity index (χ4n) is 2.86. The Balaban J connectivity index is 2.05. The topological polar surface area (TPSA) is 50.3 Å². The summed E-state index contributed by atoms with van der Waals surface area (Å²) in [5.74, 6) is -0.303. The maximum Gasteiger partial charge on any atom is 0.229 e. The number of imide groups is 1. The van der Waals surface area contributed by atoms with Gasteiger partial charge in [0, 0.05) is 31.8 Å². The summed E-state index contributed by atoms with van der Waals surface area (Å²) in [6.45, 7) is 3.48. The van der Waals surface area contributed by atoms with Gasteiger partial charge in [-0.15, -0.1) is 0 Å². The molecule has 0 saturated heterocycles. The number of pyridine rings is 1. The Labute approximate surface area is 143 Å². The van der Waals surface area contributed by atoms with E-state index >= 15 is 0 Å². The van der Waals surface area contributed by atoms with Crippen molar-refractivity contribution in [2.24, 2.45) is 0 Å². The Bertz CT molecular complexity index is 656. The summed E-state index contributed by atoms with van der Waals surface area (Å²) in [4.78, 5) is 30.2. The van der Waals surface area contributed by atoms with Crippen molar-refractivity contribution in [2.45, 2.75) is 45.6 Å². The van der Waals surface area contributed by atoms with Crippen LogP contribution in [-0.2, 0) is 22.4 Å². The van der Waals surface area contributed by atoms with Crippen LogP contribution < -0.4 is 0 Å². The molecular weight excluding hydrogens is 300 g/mol. The van der Waals surface area contributed by atoms with Crippen LogP contribution in [0.3, 0.4) is 0 Å². The van der Waals surface area contributed by atoms with Gasteiger partial charge in [0.25, 0.3) is 0 Å². The Kier molecular flexibility index (Phi) is 6.67. The van der Waals surface area contributed by atoms with Crippen molar-refractivity contribution in [2.75, 3.05) is 0 Å². The van der Waals surface area contributed by atoms with E-state index in [2.05, 4.69) is 4.98 Å². The largest absolute Gasteiger partial charge is 0.279 e. The highest BCUT2D eigenvalue weighted by molar-refractivity contribution is 5.94. The first kappa shape index (κ1) is 17.9. The van der Waals surface area contributed by atoms with Gasteiger partial charge in [-0.25, -0.2) is 0 Å². The van der Waals surface area contributed by atoms with Crippen molar-refractivity contribution in [1.29, 1.82) is 0 Å². The molecule has 0 radical (unpaired) electrons. The summed E-state index contributed by atoms with van der Waals surface area (Å²) >= 11 is 0. The van der Waals surface area contributed by atoms with Gasteiger partial charge in [0.2, 0.25) is 11.8 Å². The van der Waals surface area contributed by atoms with E-state index < -0.39 is 0 Å². The number of carbonyl (C=O) groups is 2. The molecule has 0 N–H and O–H groups in total. The summed E-state index contributed by atoms with van der Waals surface area (Å²) in [6, 6.07) is 13.7. The van der Waals surface area contributed by atoms with Crippen LogP contribution in [0.2, 0.25) is 0 Å². The zero-order valence-corrected chi connectivity index (χ0v) is 14.3. The average molecular weight is 324 g/mol. The summed E-state index contributed by atoms with van der Waals surface area (Å²) in [5.41, 5.74) is 2.14. The molecule has 1 atom stereocenters. The molecule has 4 heteroatoms. The monoisotopic (exact) mass is 324 g/mol. The minimum absolute atomic E-state index is 0.105. The van der Waals surface area contributed by atoms with Crippen LogP contribution in [0.25, 0.3) is 0 Å². The Morgan fingerprint density at radius 2 is 1.79 bits per heavy atom. The molecule has 1 aromatic heterocycles. The van der Waals surface area contributed by atoms with Crippen molar-refractivity contribution in [3.05, 3.63) is 66.0 Å². The number of benzene rings is 1. The quantitative estimate of drug-likeness (QED) is 0.784. The van der Waals surface area contributed by atoms with Gasteiger partial charge in [0.15, 0.2) is 0 Å². The van der Waals surface area contributed by atoms with E-state index in [1.807, 2.05) is 49.4 Å². The van der Waals surface area contributed by atoms with Gasteiger partial charge in [-0.05, 0) is 36.5 Å². The zero-order valence-electron chi connectivity index (χ0n) is 14.3. The van der Waals surface area contributed by atoms with Gasteiger partial charge in [-0.3, -0.25) is 19.5 Å². The van der Waals surface area contributed by atoms with Gasteiger partial charge in [-0.2, -0.15) is 0 Å². The van der Waals surface area contributed by atoms with Crippen LogP contribution in [0.1, 0.15) is 37.8 Å². The smallest absolute Gasteiger partial charge is 0.229 e. The van der Waals surface area contributed by atoms with Gasteiger partial charge in [0.1, 0.15) is 0 Å². The highest BCUT2D eigenvalue weighted by Gasteiger charge is 2.26. The predicted molar refractivity (Wildman–Crippen MR) is 94.3 cm³/mol. The molecule has 126 valence electrons. The van der Waals surface area contributed by atoms with Crippen molar-refractivity contribution >= 4 is 11.8 Å². The number of aryl methyl sites for hydroxylation is 1. The Morgan fingerprint density at radius 1 is 1.08 bits per heavy atom. The molecule has 2 aromatic rings. The lowest BCUT2D eigenvalue weighted by molar-refractivity contribution is -0.146. The standard InChI is InChI=1S/C20H24N2O2/c1-3-19(14-17-8-5-4-6-9-17)22(16(2)23)20(24)12-11-18-10-7-13-21-15-18/h4-10,13,15,19H,3,11-12,14H2,1-2H3/t19-/m1/s1. The van der Waals surface area contributed by atoms with E-state index in [4.69, 9.17) is 0 Å². The molecule has 2 amide bonds. The number of amides is 2. The lowest BCUT2D eigenvalue weighted by Gasteiger charge is -2.29. The molecule has 1 heterocycles. The Morgan fingerprint density at radius 3 is 2.38 bits per heavy atom. The molecule has 4 nitrogen and oxygen atoms in total. The van der Waals surface area contributed by atoms with Gasteiger partial charge in [-0.1, -0.05) is 43.3 Å². The summed E-state index contributed by atoms with van der Waals surface area (Å²) in [6.07, 6.45) is 5.81. The molecule has 0 aliphatic carbocycles. The van der Waals surface area contributed by atoms with Crippen LogP contribution in [0.5, 0.6) is 0 Å². The van der Waals surface area contributed by atoms with Gasteiger partial charge in [0.05, 0.1) is 0 Å². The number of nitrogens with zero attached hydrogens (tertiary/aromatic N) is 2. The van der Waals surface area contributed by atoms with E-state index in [1.54, 1.807) is 12.4 Å². The average Bonchev–Trinajstić information content (AvgIpc) is 2.61. The van der Waals surface area contributed by atoms with E-state index in [9.17, 15) is 9.59 Å². The summed E-state index contributed by atoms with van der Waals surface area (Å²) in [7, 11) is 0. The fourth-order valence-corrected chi connectivity index (χ4v) is 2.86. The third-order valence-corrected chi connectivity index (χ3v) is 4.11. The van der Waals surface area contributed by atoms with Crippen molar-refractivity contribution < 1.29 is 9.59 Å². The second-order valence-corrected chi connectivity index (χ2v) is 5.90. The third kappa shape index (κ3) is 5.01.